The summed E-state index contributed by atoms with van der Waals surface area (Å²) in [5, 5.41) is 24.6. The van der Waals surface area contributed by atoms with E-state index in [2.05, 4.69) is 10.6 Å². The van der Waals surface area contributed by atoms with Gasteiger partial charge in [-0.25, -0.2) is 4.79 Å². The quantitative estimate of drug-likeness (QED) is 0.536. The molecule has 1 saturated carbocycles. The highest BCUT2D eigenvalue weighted by Gasteiger charge is 2.40. The largest absolute Gasteiger partial charge is 0.479 e. The number of amides is 1. The molecule has 0 radical (unpaired) electrons. The highest BCUT2D eigenvalue weighted by Crippen LogP contribution is 2.28. The number of carbonyl (C=O) groups excluding carboxylic acids is 1. The van der Waals surface area contributed by atoms with Crippen LogP contribution in [-0.4, -0.2) is 46.8 Å². The summed E-state index contributed by atoms with van der Waals surface area (Å²) in [5.41, 5.74) is -0.624. The molecule has 0 spiro atoms. The van der Waals surface area contributed by atoms with Crippen LogP contribution in [0.5, 0.6) is 0 Å². The molecule has 6 heteroatoms. The molecule has 1 aliphatic carbocycles. The van der Waals surface area contributed by atoms with Crippen LogP contribution in [0.3, 0.4) is 0 Å². The number of carboxylic acid groups (broad SMARTS) is 1. The van der Waals surface area contributed by atoms with Crippen molar-refractivity contribution in [2.24, 2.45) is 0 Å². The lowest BCUT2D eigenvalue weighted by Crippen LogP contribution is -2.60. The first-order chi connectivity index (χ1) is 9.96. The van der Waals surface area contributed by atoms with Crippen LogP contribution in [-0.2, 0) is 9.59 Å². The van der Waals surface area contributed by atoms with Crippen molar-refractivity contribution >= 4 is 11.9 Å². The highest BCUT2D eigenvalue weighted by atomic mass is 16.4. The zero-order valence-corrected chi connectivity index (χ0v) is 13.0. The van der Waals surface area contributed by atoms with Crippen LogP contribution >= 0.6 is 0 Å². The maximum atomic E-state index is 12.6. The van der Waals surface area contributed by atoms with Crippen LogP contribution in [0.2, 0.25) is 0 Å². The van der Waals surface area contributed by atoms with Gasteiger partial charge in [-0.2, -0.15) is 0 Å². The third-order valence-electron chi connectivity index (χ3n) is 4.44. The van der Waals surface area contributed by atoms with Crippen molar-refractivity contribution in [3.05, 3.63) is 0 Å². The Bertz CT molecular complexity index is 354. The van der Waals surface area contributed by atoms with Crippen LogP contribution < -0.4 is 10.6 Å². The number of rotatable bonds is 8. The second-order valence-electron chi connectivity index (χ2n) is 5.90. The van der Waals surface area contributed by atoms with E-state index in [1.165, 1.54) is 0 Å². The van der Waals surface area contributed by atoms with Crippen LogP contribution in [0.25, 0.3) is 0 Å². The molecule has 0 bridgehead atoms. The van der Waals surface area contributed by atoms with E-state index >= 15 is 0 Å². The fraction of sp³-hybridized carbons (Fsp3) is 0.867. The average molecular weight is 300 g/mol. The predicted molar refractivity (Wildman–Crippen MR) is 80.0 cm³/mol. The topological polar surface area (TPSA) is 98.7 Å². The summed E-state index contributed by atoms with van der Waals surface area (Å²) >= 11 is 0. The number of carbonyl (C=O) groups is 2. The van der Waals surface area contributed by atoms with E-state index in [-0.39, 0.29) is 5.91 Å². The van der Waals surface area contributed by atoms with Gasteiger partial charge in [-0.1, -0.05) is 39.0 Å². The van der Waals surface area contributed by atoms with Gasteiger partial charge in [0.1, 0.15) is 0 Å². The fourth-order valence-corrected chi connectivity index (χ4v) is 2.96. The number of aliphatic carboxylic acids is 1. The van der Waals surface area contributed by atoms with Gasteiger partial charge in [0.2, 0.25) is 5.91 Å². The normalized spacial score (nSPS) is 20.5. The molecule has 0 aromatic rings. The Morgan fingerprint density at radius 2 is 1.86 bits per heavy atom. The van der Waals surface area contributed by atoms with Crippen molar-refractivity contribution < 1.29 is 19.8 Å². The first-order valence-corrected chi connectivity index (χ1v) is 7.87. The molecule has 1 rings (SSSR count). The van der Waals surface area contributed by atoms with Gasteiger partial charge in [0.25, 0.3) is 0 Å². The summed E-state index contributed by atoms with van der Waals surface area (Å²) < 4.78 is 0. The minimum Gasteiger partial charge on any atom is -0.479 e. The molecule has 21 heavy (non-hydrogen) atoms. The van der Waals surface area contributed by atoms with Gasteiger partial charge >= 0.3 is 5.97 Å². The highest BCUT2D eigenvalue weighted by molar-refractivity contribution is 5.87. The van der Waals surface area contributed by atoms with Gasteiger partial charge in [-0.15, -0.1) is 0 Å². The molecule has 0 aromatic carbocycles. The summed E-state index contributed by atoms with van der Waals surface area (Å²) in [6, 6.07) is -0.734. The lowest BCUT2D eigenvalue weighted by molar-refractivity contribution is -0.149. The Balaban J connectivity index is 2.75. The van der Waals surface area contributed by atoms with Crippen LogP contribution in [0, 0.1) is 0 Å². The molecule has 4 N–H and O–H groups in total. The number of aliphatic hydroxyl groups excluding tert-OH is 1. The van der Waals surface area contributed by atoms with Crippen molar-refractivity contribution in [3.8, 4) is 0 Å². The number of aliphatic hydroxyl groups is 1. The molecule has 1 fully saturated rings. The Kier molecular flexibility index (Phi) is 7.11. The Morgan fingerprint density at radius 1 is 1.24 bits per heavy atom. The molecule has 6 nitrogen and oxygen atoms in total. The van der Waals surface area contributed by atoms with E-state index in [0.29, 0.717) is 6.42 Å². The minimum absolute atomic E-state index is 0.189. The molecule has 0 aromatic heterocycles. The number of unbranched alkanes of at least 4 members (excludes halogenated alkanes) is 1. The summed E-state index contributed by atoms with van der Waals surface area (Å²) in [6.07, 6.45) is 5.14. The van der Waals surface area contributed by atoms with Gasteiger partial charge in [0, 0.05) is 0 Å². The zero-order chi connectivity index (χ0) is 15.9. The first kappa shape index (κ1) is 17.9. The Hall–Kier alpha value is -1.14. The van der Waals surface area contributed by atoms with Crippen molar-refractivity contribution in [2.45, 2.75) is 76.0 Å². The summed E-state index contributed by atoms with van der Waals surface area (Å²) in [7, 11) is 1.76. The molecule has 0 aliphatic heterocycles. The molecule has 0 heterocycles. The lowest BCUT2D eigenvalue weighted by atomic mass is 9.80. The monoisotopic (exact) mass is 300 g/mol. The Morgan fingerprint density at radius 3 is 2.33 bits per heavy atom. The molecule has 0 saturated heterocycles. The lowest BCUT2D eigenvalue weighted by Gasteiger charge is -2.37. The Labute approximate surface area is 126 Å². The van der Waals surface area contributed by atoms with Crippen molar-refractivity contribution in [3.63, 3.8) is 0 Å². The molecule has 2 atom stereocenters. The van der Waals surface area contributed by atoms with Gasteiger partial charge < -0.3 is 20.8 Å². The van der Waals surface area contributed by atoms with Crippen molar-refractivity contribution in [1.82, 2.24) is 10.6 Å². The number of likely N-dealkylation sites (N-methyl/N-ethyl adjacent to an activating group) is 1. The summed E-state index contributed by atoms with van der Waals surface area (Å²) in [5.74, 6) is -1.48. The molecule has 1 aliphatic rings. The third-order valence-corrected chi connectivity index (χ3v) is 4.44. The number of hydrogen-bond acceptors (Lipinski definition) is 4. The molecule has 1 amide bonds. The van der Waals surface area contributed by atoms with Gasteiger partial charge in [0.05, 0.1) is 11.6 Å². The van der Waals surface area contributed by atoms with E-state index in [1.54, 1.807) is 7.05 Å². The van der Waals surface area contributed by atoms with E-state index in [4.69, 9.17) is 5.11 Å². The SMILES string of the molecule is CCCC[C@H](NC(=O)C1(NC)CCCCC1)C(O)C(=O)O. The standard InChI is InChI=1S/C15H28N2O4/c1-3-4-8-11(12(18)13(19)20)17-14(21)15(16-2)9-6-5-7-10-15/h11-12,16,18H,3-10H2,1-2H3,(H,17,21)(H,19,20)/t11-,12?/m0/s1. The van der Waals surface area contributed by atoms with E-state index in [9.17, 15) is 14.7 Å². The summed E-state index contributed by atoms with van der Waals surface area (Å²) in [4.78, 5) is 23.6. The number of hydrogen-bond donors (Lipinski definition) is 4. The second kappa shape index (κ2) is 8.34. The number of carboxylic acids is 1. The second-order valence-corrected chi connectivity index (χ2v) is 5.90. The van der Waals surface area contributed by atoms with Crippen LogP contribution in [0.1, 0.15) is 58.3 Å². The van der Waals surface area contributed by atoms with E-state index in [1.807, 2.05) is 6.92 Å². The minimum atomic E-state index is -1.56. The van der Waals surface area contributed by atoms with E-state index < -0.39 is 23.7 Å². The first-order valence-electron chi connectivity index (χ1n) is 7.87. The smallest absolute Gasteiger partial charge is 0.334 e. The average Bonchev–Trinajstić information content (AvgIpc) is 2.50. The fourth-order valence-electron chi connectivity index (χ4n) is 2.96. The molecular weight excluding hydrogens is 272 g/mol. The molecule has 122 valence electrons. The maximum Gasteiger partial charge on any atom is 0.334 e. The molecule has 1 unspecified atom stereocenters. The summed E-state index contributed by atoms with van der Waals surface area (Å²) in [6.45, 7) is 1.99. The van der Waals surface area contributed by atoms with Crippen molar-refractivity contribution in [1.29, 1.82) is 0 Å². The third kappa shape index (κ3) is 4.68. The van der Waals surface area contributed by atoms with Gasteiger partial charge in [-0.05, 0) is 26.3 Å². The maximum absolute atomic E-state index is 12.6. The molecular formula is C15H28N2O4. The zero-order valence-electron chi connectivity index (χ0n) is 13.0. The predicted octanol–water partition coefficient (Wildman–Crippen LogP) is 1.03. The van der Waals surface area contributed by atoms with E-state index in [0.717, 1.165) is 44.9 Å². The van der Waals surface area contributed by atoms with Gasteiger partial charge in [-0.3, -0.25) is 4.79 Å². The van der Waals surface area contributed by atoms with Crippen LogP contribution in [0.15, 0.2) is 0 Å². The number of nitrogens with one attached hydrogen (secondary N) is 2. The van der Waals surface area contributed by atoms with Crippen LogP contribution in [0.4, 0.5) is 0 Å². The van der Waals surface area contributed by atoms with Crippen molar-refractivity contribution in [2.75, 3.05) is 7.05 Å². The van der Waals surface area contributed by atoms with Gasteiger partial charge in [0.15, 0.2) is 6.10 Å².